The van der Waals surface area contributed by atoms with Crippen molar-refractivity contribution in [3.05, 3.63) is 83.7 Å². The van der Waals surface area contributed by atoms with Crippen molar-refractivity contribution in [3.63, 3.8) is 0 Å². The van der Waals surface area contributed by atoms with Crippen LogP contribution in [0.15, 0.2) is 71.6 Å². The molecule has 9 heteroatoms. The van der Waals surface area contributed by atoms with Crippen molar-refractivity contribution in [2.45, 2.75) is 4.90 Å². The van der Waals surface area contributed by atoms with E-state index in [9.17, 15) is 17.6 Å². The quantitative estimate of drug-likeness (QED) is 0.552. The molecule has 7 nitrogen and oxygen atoms in total. The van der Waals surface area contributed by atoms with Gasteiger partial charge in [0.2, 0.25) is 0 Å². The van der Waals surface area contributed by atoms with Gasteiger partial charge in [0.05, 0.1) is 22.1 Å². The number of hydrogen-bond donors (Lipinski definition) is 0. The SMILES string of the molecule is CS(=O)(=O)c1ccc(Oc2ccc(F)cc2)c(C(=O)N2CCN(c3ccc(C#N)cc3)CC2)c1. The second kappa shape index (κ2) is 9.53. The van der Waals surface area contributed by atoms with E-state index in [-0.39, 0.29) is 22.1 Å². The van der Waals surface area contributed by atoms with E-state index in [2.05, 4.69) is 11.0 Å². The van der Waals surface area contributed by atoms with Crippen LogP contribution < -0.4 is 9.64 Å². The molecule has 1 aliphatic rings. The Hall–Kier alpha value is -3.90. The maximum absolute atomic E-state index is 13.4. The third-order valence-electron chi connectivity index (χ3n) is 5.58. The number of nitriles is 1. The number of piperazine rings is 1. The molecule has 0 spiro atoms. The Balaban J connectivity index is 1.56. The van der Waals surface area contributed by atoms with Crippen LogP contribution in [0.2, 0.25) is 0 Å². The number of anilines is 1. The smallest absolute Gasteiger partial charge is 0.257 e. The van der Waals surface area contributed by atoms with Gasteiger partial charge in [-0.3, -0.25) is 4.79 Å². The van der Waals surface area contributed by atoms with E-state index in [1.54, 1.807) is 17.0 Å². The van der Waals surface area contributed by atoms with Gasteiger partial charge in [0.15, 0.2) is 9.84 Å². The van der Waals surface area contributed by atoms with Crippen molar-refractivity contribution in [2.24, 2.45) is 0 Å². The molecule has 0 bridgehead atoms. The summed E-state index contributed by atoms with van der Waals surface area (Å²) in [5, 5.41) is 8.97. The summed E-state index contributed by atoms with van der Waals surface area (Å²) in [7, 11) is -3.54. The van der Waals surface area contributed by atoms with Gasteiger partial charge >= 0.3 is 0 Å². The highest BCUT2D eigenvalue weighted by molar-refractivity contribution is 7.90. The van der Waals surface area contributed by atoms with Crippen LogP contribution in [-0.4, -0.2) is 51.7 Å². The third kappa shape index (κ3) is 5.18. The minimum absolute atomic E-state index is 0.0125. The summed E-state index contributed by atoms with van der Waals surface area (Å²) in [5.41, 5.74) is 1.67. The Bertz CT molecular complexity index is 1340. The van der Waals surface area contributed by atoms with Gasteiger partial charge < -0.3 is 14.5 Å². The van der Waals surface area contributed by atoms with Crippen LogP contribution in [0.25, 0.3) is 0 Å². The standard InChI is InChI=1S/C25H22FN3O4S/c1-34(31,32)22-10-11-24(33-21-8-4-19(26)5-9-21)23(16-22)25(30)29-14-12-28(13-15-29)20-6-2-18(17-27)3-7-20/h2-11,16H,12-15H2,1H3. The van der Waals surface area contributed by atoms with E-state index < -0.39 is 15.7 Å². The Labute approximate surface area is 197 Å². The fourth-order valence-electron chi connectivity index (χ4n) is 3.71. The van der Waals surface area contributed by atoms with Crippen LogP contribution in [0.1, 0.15) is 15.9 Å². The first kappa shape index (κ1) is 23.3. The number of sulfone groups is 1. The average molecular weight is 480 g/mol. The van der Waals surface area contributed by atoms with Crippen LogP contribution >= 0.6 is 0 Å². The molecule has 1 heterocycles. The molecule has 174 valence electrons. The molecule has 0 aromatic heterocycles. The zero-order valence-corrected chi connectivity index (χ0v) is 19.3. The molecule has 1 amide bonds. The summed E-state index contributed by atoms with van der Waals surface area (Å²) in [6, 6.07) is 18.8. The molecule has 34 heavy (non-hydrogen) atoms. The second-order valence-electron chi connectivity index (χ2n) is 7.92. The highest BCUT2D eigenvalue weighted by atomic mass is 32.2. The molecule has 1 fully saturated rings. The molecule has 3 aromatic rings. The van der Waals surface area contributed by atoms with Crippen LogP contribution in [-0.2, 0) is 9.84 Å². The van der Waals surface area contributed by atoms with Gasteiger partial charge in [0.1, 0.15) is 17.3 Å². The minimum atomic E-state index is -3.54. The number of carbonyl (C=O) groups excluding carboxylic acids is 1. The maximum atomic E-state index is 13.4. The van der Waals surface area contributed by atoms with Crippen molar-refractivity contribution in [1.82, 2.24) is 4.90 Å². The molecule has 1 saturated heterocycles. The Kier molecular flexibility index (Phi) is 6.52. The molecule has 0 unspecified atom stereocenters. The lowest BCUT2D eigenvalue weighted by atomic mass is 10.1. The molecular formula is C25H22FN3O4S. The lowest BCUT2D eigenvalue weighted by Gasteiger charge is -2.36. The van der Waals surface area contributed by atoms with Crippen LogP contribution in [0.4, 0.5) is 10.1 Å². The first-order valence-electron chi connectivity index (χ1n) is 10.6. The van der Waals surface area contributed by atoms with E-state index in [0.717, 1.165) is 11.9 Å². The van der Waals surface area contributed by atoms with Crippen LogP contribution in [0, 0.1) is 17.1 Å². The van der Waals surface area contributed by atoms with E-state index >= 15 is 0 Å². The summed E-state index contributed by atoms with van der Waals surface area (Å²) in [6.07, 6.45) is 1.08. The Morgan fingerprint density at radius 3 is 2.21 bits per heavy atom. The lowest BCUT2D eigenvalue weighted by Crippen LogP contribution is -2.48. The number of amides is 1. The monoisotopic (exact) mass is 479 g/mol. The van der Waals surface area contributed by atoms with Crippen molar-refractivity contribution in [2.75, 3.05) is 37.3 Å². The second-order valence-corrected chi connectivity index (χ2v) is 9.94. The topological polar surface area (TPSA) is 90.7 Å². The molecule has 0 N–H and O–H groups in total. The fraction of sp³-hybridized carbons (Fsp3) is 0.200. The molecule has 4 rings (SSSR count). The zero-order chi connectivity index (χ0) is 24.3. The number of carbonyl (C=O) groups is 1. The lowest BCUT2D eigenvalue weighted by molar-refractivity contribution is 0.0744. The van der Waals surface area contributed by atoms with Gasteiger partial charge in [-0.15, -0.1) is 0 Å². The largest absolute Gasteiger partial charge is 0.457 e. The number of ether oxygens (including phenoxy) is 1. The number of rotatable bonds is 5. The highest BCUT2D eigenvalue weighted by Gasteiger charge is 2.26. The van der Waals surface area contributed by atoms with Crippen molar-refractivity contribution in [3.8, 4) is 17.6 Å². The number of halogens is 1. The van der Waals surface area contributed by atoms with E-state index in [1.807, 2.05) is 12.1 Å². The molecular weight excluding hydrogens is 457 g/mol. The molecule has 3 aromatic carbocycles. The number of nitrogens with zero attached hydrogens (tertiary/aromatic N) is 3. The molecule has 0 aliphatic carbocycles. The summed E-state index contributed by atoms with van der Waals surface area (Å²) in [4.78, 5) is 17.2. The van der Waals surface area contributed by atoms with Gasteiger partial charge in [-0.05, 0) is 66.7 Å². The predicted molar refractivity (Wildman–Crippen MR) is 125 cm³/mol. The van der Waals surface area contributed by atoms with Crippen molar-refractivity contribution in [1.29, 1.82) is 5.26 Å². The first-order chi connectivity index (χ1) is 16.2. The highest BCUT2D eigenvalue weighted by Crippen LogP contribution is 2.30. The summed E-state index contributed by atoms with van der Waals surface area (Å²) in [5.74, 6) is -0.245. The number of benzene rings is 3. The van der Waals surface area contributed by atoms with E-state index in [0.29, 0.717) is 37.5 Å². The third-order valence-corrected chi connectivity index (χ3v) is 6.69. The van der Waals surface area contributed by atoms with Gasteiger partial charge in [0.25, 0.3) is 5.91 Å². The number of hydrogen-bond acceptors (Lipinski definition) is 6. The van der Waals surface area contributed by atoms with Crippen molar-refractivity contribution < 1.29 is 22.3 Å². The van der Waals surface area contributed by atoms with Crippen LogP contribution in [0.5, 0.6) is 11.5 Å². The molecule has 0 atom stereocenters. The van der Waals surface area contributed by atoms with E-state index in [1.165, 1.54) is 42.5 Å². The normalized spacial score (nSPS) is 13.9. The van der Waals surface area contributed by atoms with Gasteiger partial charge in [-0.25, -0.2) is 12.8 Å². The first-order valence-corrected chi connectivity index (χ1v) is 12.5. The van der Waals surface area contributed by atoms with Gasteiger partial charge in [0, 0.05) is 38.1 Å². The minimum Gasteiger partial charge on any atom is -0.457 e. The van der Waals surface area contributed by atoms with Gasteiger partial charge in [-0.1, -0.05) is 0 Å². The van der Waals surface area contributed by atoms with Gasteiger partial charge in [-0.2, -0.15) is 5.26 Å². The predicted octanol–water partition coefficient (Wildman–Crippen LogP) is 3.86. The van der Waals surface area contributed by atoms with Crippen LogP contribution in [0.3, 0.4) is 0 Å². The Morgan fingerprint density at radius 1 is 0.971 bits per heavy atom. The average Bonchev–Trinajstić information content (AvgIpc) is 2.85. The van der Waals surface area contributed by atoms with Crippen molar-refractivity contribution >= 4 is 21.4 Å². The van der Waals surface area contributed by atoms with E-state index in [4.69, 9.17) is 10.00 Å². The zero-order valence-electron chi connectivity index (χ0n) is 18.4. The summed E-state index contributed by atoms with van der Waals surface area (Å²) in [6.45, 7) is 2.02. The molecule has 1 aliphatic heterocycles. The fourth-order valence-corrected chi connectivity index (χ4v) is 4.36. The maximum Gasteiger partial charge on any atom is 0.257 e. The molecule has 0 radical (unpaired) electrons. The summed E-state index contributed by atoms with van der Waals surface area (Å²) >= 11 is 0. The summed E-state index contributed by atoms with van der Waals surface area (Å²) < 4.78 is 43.3. The molecule has 0 saturated carbocycles. The Morgan fingerprint density at radius 2 is 1.62 bits per heavy atom.